The standard InChI is InChI=1S/C11H20O3S/c1-2-14-8-7-11-6-4-3-5-9-15(12,13)10-11/h2,11H,1,3-10H2. The average molecular weight is 232 g/mol. The molecule has 1 rings (SSSR count). The zero-order valence-electron chi connectivity index (χ0n) is 9.15. The van der Waals surface area contributed by atoms with E-state index in [0.717, 1.165) is 32.1 Å². The molecular formula is C11H20O3S. The van der Waals surface area contributed by atoms with E-state index < -0.39 is 9.84 Å². The average Bonchev–Trinajstić information content (AvgIpc) is 2.14. The first-order valence-electron chi connectivity index (χ1n) is 5.57. The highest BCUT2D eigenvalue weighted by Gasteiger charge is 2.21. The minimum Gasteiger partial charge on any atom is -0.502 e. The van der Waals surface area contributed by atoms with Crippen LogP contribution in [0.25, 0.3) is 0 Å². The second kappa shape index (κ2) is 6.16. The van der Waals surface area contributed by atoms with E-state index in [1.54, 1.807) is 0 Å². The molecule has 88 valence electrons. The lowest BCUT2D eigenvalue weighted by Crippen LogP contribution is -2.22. The molecule has 0 aromatic heterocycles. The van der Waals surface area contributed by atoms with Crippen LogP contribution in [0.5, 0.6) is 0 Å². The van der Waals surface area contributed by atoms with Gasteiger partial charge in [0, 0.05) is 0 Å². The minimum atomic E-state index is -2.81. The number of sulfone groups is 1. The molecule has 1 heterocycles. The fourth-order valence-corrected chi connectivity index (χ4v) is 3.87. The van der Waals surface area contributed by atoms with Crippen molar-refractivity contribution in [2.45, 2.75) is 32.1 Å². The molecule has 1 saturated heterocycles. The highest BCUT2D eigenvalue weighted by molar-refractivity contribution is 7.91. The van der Waals surface area contributed by atoms with E-state index in [-0.39, 0.29) is 5.92 Å². The lowest BCUT2D eigenvalue weighted by Gasteiger charge is -2.19. The van der Waals surface area contributed by atoms with Gasteiger partial charge < -0.3 is 4.74 Å². The summed E-state index contributed by atoms with van der Waals surface area (Å²) in [6.07, 6.45) is 6.27. The van der Waals surface area contributed by atoms with Crippen LogP contribution in [0.3, 0.4) is 0 Å². The quantitative estimate of drug-likeness (QED) is 0.551. The van der Waals surface area contributed by atoms with Crippen molar-refractivity contribution in [3.8, 4) is 0 Å². The van der Waals surface area contributed by atoms with E-state index >= 15 is 0 Å². The third kappa shape index (κ3) is 5.21. The van der Waals surface area contributed by atoms with Crippen molar-refractivity contribution in [3.05, 3.63) is 12.8 Å². The SMILES string of the molecule is C=COCCC1CCCCCS(=O)(=O)C1. The Balaban J connectivity index is 2.42. The van der Waals surface area contributed by atoms with Crippen molar-refractivity contribution >= 4 is 9.84 Å². The first kappa shape index (κ1) is 12.6. The summed E-state index contributed by atoms with van der Waals surface area (Å²) in [5, 5.41) is 0. The van der Waals surface area contributed by atoms with Crippen molar-refractivity contribution in [1.82, 2.24) is 0 Å². The molecule has 0 aliphatic carbocycles. The summed E-state index contributed by atoms with van der Waals surface area (Å²) in [6.45, 7) is 4.05. The molecule has 15 heavy (non-hydrogen) atoms. The van der Waals surface area contributed by atoms with Gasteiger partial charge in [-0.15, -0.1) is 0 Å². The summed E-state index contributed by atoms with van der Waals surface area (Å²) in [5.74, 6) is 0.981. The first-order chi connectivity index (χ1) is 7.14. The van der Waals surface area contributed by atoms with Gasteiger partial charge in [-0.05, 0) is 25.2 Å². The van der Waals surface area contributed by atoms with Crippen LogP contribution in [0.4, 0.5) is 0 Å². The predicted molar refractivity (Wildman–Crippen MR) is 61.4 cm³/mol. The Kier molecular flexibility index (Phi) is 5.15. The predicted octanol–water partition coefficient (Wildman–Crippen LogP) is 2.14. The Bertz CT molecular complexity index is 282. The van der Waals surface area contributed by atoms with Crippen molar-refractivity contribution in [1.29, 1.82) is 0 Å². The summed E-state index contributed by atoms with van der Waals surface area (Å²) >= 11 is 0. The number of hydrogen-bond acceptors (Lipinski definition) is 3. The van der Waals surface area contributed by atoms with Crippen LogP contribution >= 0.6 is 0 Å². The van der Waals surface area contributed by atoms with Crippen LogP contribution in [-0.2, 0) is 14.6 Å². The Labute approximate surface area is 92.4 Å². The van der Waals surface area contributed by atoms with Crippen molar-refractivity contribution in [2.75, 3.05) is 18.1 Å². The van der Waals surface area contributed by atoms with Crippen molar-refractivity contribution < 1.29 is 13.2 Å². The topological polar surface area (TPSA) is 43.4 Å². The van der Waals surface area contributed by atoms with Crippen LogP contribution in [0, 0.1) is 5.92 Å². The largest absolute Gasteiger partial charge is 0.502 e. The summed E-state index contributed by atoms with van der Waals surface area (Å²) in [4.78, 5) is 0. The molecule has 1 unspecified atom stereocenters. The fourth-order valence-electron chi connectivity index (χ4n) is 2.00. The normalized spacial score (nSPS) is 26.3. The third-order valence-electron chi connectivity index (χ3n) is 2.82. The van der Waals surface area contributed by atoms with Gasteiger partial charge in [0.2, 0.25) is 0 Å². The smallest absolute Gasteiger partial charge is 0.150 e. The molecule has 0 radical (unpaired) electrons. The second-order valence-electron chi connectivity index (χ2n) is 4.16. The molecule has 1 aliphatic rings. The molecule has 3 nitrogen and oxygen atoms in total. The highest BCUT2D eigenvalue weighted by atomic mass is 32.2. The minimum absolute atomic E-state index is 0.273. The maximum absolute atomic E-state index is 11.6. The molecule has 1 fully saturated rings. The molecule has 0 N–H and O–H groups in total. The number of ether oxygens (including phenoxy) is 1. The van der Waals surface area contributed by atoms with Gasteiger partial charge in [0.1, 0.15) is 0 Å². The molecule has 0 saturated carbocycles. The Morgan fingerprint density at radius 2 is 2.13 bits per heavy atom. The molecule has 1 atom stereocenters. The molecule has 0 aromatic rings. The van der Waals surface area contributed by atoms with Gasteiger partial charge in [-0.25, -0.2) is 8.42 Å². The maximum atomic E-state index is 11.6. The Morgan fingerprint density at radius 1 is 1.33 bits per heavy atom. The lowest BCUT2D eigenvalue weighted by molar-refractivity contribution is 0.222. The molecule has 4 heteroatoms. The monoisotopic (exact) mass is 232 g/mol. The molecule has 1 aliphatic heterocycles. The van der Waals surface area contributed by atoms with E-state index in [9.17, 15) is 8.42 Å². The zero-order valence-corrected chi connectivity index (χ0v) is 9.97. The van der Waals surface area contributed by atoms with Gasteiger partial charge in [0.15, 0.2) is 9.84 Å². The number of hydrogen-bond donors (Lipinski definition) is 0. The number of rotatable bonds is 4. The van der Waals surface area contributed by atoms with Crippen molar-refractivity contribution in [3.63, 3.8) is 0 Å². The van der Waals surface area contributed by atoms with E-state index in [2.05, 4.69) is 6.58 Å². The van der Waals surface area contributed by atoms with E-state index in [1.807, 2.05) is 0 Å². The summed E-state index contributed by atoms with van der Waals surface area (Å²) in [7, 11) is -2.81. The van der Waals surface area contributed by atoms with Crippen LogP contribution in [-0.4, -0.2) is 26.5 Å². The molecule has 0 aromatic carbocycles. The highest BCUT2D eigenvalue weighted by Crippen LogP contribution is 2.20. The molecule has 0 bridgehead atoms. The Hall–Kier alpha value is -0.510. The van der Waals surface area contributed by atoms with E-state index in [4.69, 9.17) is 4.74 Å². The van der Waals surface area contributed by atoms with Gasteiger partial charge in [0.05, 0.1) is 24.4 Å². The molecule has 0 spiro atoms. The van der Waals surface area contributed by atoms with Crippen LogP contribution in [0.1, 0.15) is 32.1 Å². The maximum Gasteiger partial charge on any atom is 0.150 e. The van der Waals surface area contributed by atoms with Crippen molar-refractivity contribution in [2.24, 2.45) is 5.92 Å². The van der Waals surface area contributed by atoms with Gasteiger partial charge in [0.25, 0.3) is 0 Å². The second-order valence-corrected chi connectivity index (χ2v) is 6.38. The summed E-state index contributed by atoms with van der Waals surface area (Å²) in [5.41, 5.74) is 0. The molecular weight excluding hydrogens is 212 g/mol. The van der Waals surface area contributed by atoms with Crippen LogP contribution in [0.2, 0.25) is 0 Å². The Morgan fingerprint density at radius 3 is 2.87 bits per heavy atom. The van der Waals surface area contributed by atoms with Gasteiger partial charge in [-0.2, -0.15) is 0 Å². The fraction of sp³-hybridized carbons (Fsp3) is 0.818. The van der Waals surface area contributed by atoms with Gasteiger partial charge in [-0.1, -0.05) is 19.4 Å². The summed E-state index contributed by atoms with van der Waals surface area (Å²) < 4.78 is 28.3. The first-order valence-corrected chi connectivity index (χ1v) is 7.39. The third-order valence-corrected chi connectivity index (χ3v) is 4.71. The van der Waals surface area contributed by atoms with Crippen LogP contribution < -0.4 is 0 Å². The lowest BCUT2D eigenvalue weighted by atomic mass is 10.00. The summed E-state index contributed by atoms with van der Waals surface area (Å²) in [6, 6.07) is 0. The zero-order chi connectivity index (χ0) is 11.1. The van der Waals surface area contributed by atoms with E-state index in [1.165, 1.54) is 6.26 Å². The van der Waals surface area contributed by atoms with Crippen LogP contribution in [0.15, 0.2) is 12.8 Å². The van der Waals surface area contributed by atoms with Gasteiger partial charge >= 0.3 is 0 Å². The van der Waals surface area contributed by atoms with E-state index in [0.29, 0.717) is 18.1 Å². The van der Waals surface area contributed by atoms with Gasteiger partial charge in [-0.3, -0.25) is 0 Å². The molecule has 0 amide bonds.